The Morgan fingerprint density at radius 3 is 2.67 bits per heavy atom. The van der Waals surface area contributed by atoms with Crippen molar-refractivity contribution < 1.29 is 18.7 Å². The Balaban J connectivity index is 3.03. The number of hydrogen-bond acceptors (Lipinski definition) is 2. The Labute approximate surface area is 89.5 Å². The minimum absolute atomic E-state index is 0.260. The topological polar surface area (TPSA) is 63.3 Å². The summed E-state index contributed by atoms with van der Waals surface area (Å²) in [6, 6.07) is 0.671. The average molecular weight is 236 g/mol. The molecular weight excluding hydrogens is 228 g/mol. The molecule has 1 aromatic carbocycles. The van der Waals surface area contributed by atoms with Gasteiger partial charge in [0.05, 0.1) is 5.02 Å². The van der Waals surface area contributed by atoms with Crippen LogP contribution in [0, 0.1) is 11.6 Å². The van der Waals surface area contributed by atoms with Gasteiger partial charge in [-0.15, -0.1) is 0 Å². The maximum Gasteiger partial charge on any atom is 0.320 e. The molecule has 0 unspecified atom stereocenters. The van der Waals surface area contributed by atoms with Crippen LogP contribution in [-0.4, -0.2) is 17.1 Å². The van der Waals surface area contributed by atoms with Crippen LogP contribution in [0.3, 0.4) is 0 Å². The second-order valence-electron chi connectivity index (χ2n) is 2.97. The average Bonchev–Trinajstić information content (AvgIpc) is 2.18. The van der Waals surface area contributed by atoms with Gasteiger partial charge in [-0.1, -0.05) is 11.6 Å². The fourth-order valence-electron chi connectivity index (χ4n) is 1.06. The summed E-state index contributed by atoms with van der Waals surface area (Å²) in [5, 5.41) is 8.23. The first kappa shape index (κ1) is 11.9. The van der Waals surface area contributed by atoms with E-state index in [2.05, 4.69) is 0 Å². The predicted octanol–water partition coefficient (Wildman–Crippen LogP) is 1.57. The molecule has 0 spiro atoms. The van der Waals surface area contributed by atoms with Crippen molar-refractivity contribution in [2.45, 2.75) is 12.5 Å². The lowest BCUT2D eigenvalue weighted by Crippen LogP contribution is -2.33. The third-order valence-corrected chi connectivity index (χ3v) is 2.17. The Kier molecular flexibility index (Phi) is 3.60. The van der Waals surface area contributed by atoms with Crippen molar-refractivity contribution in [2.24, 2.45) is 5.73 Å². The molecule has 3 nitrogen and oxygen atoms in total. The highest BCUT2D eigenvalue weighted by Gasteiger charge is 2.19. The van der Waals surface area contributed by atoms with Crippen LogP contribution in [0.1, 0.15) is 5.56 Å². The van der Waals surface area contributed by atoms with Gasteiger partial charge in [0.15, 0.2) is 0 Å². The molecule has 0 saturated carbocycles. The van der Waals surface area contributed by atoms with Gasteiger partial charge < -0.3 is 10.8 Å². The zero-order valence-electron chi connectivity index (χ0n) is 7.51. The van der Waals surface area contributed by atoms with Gasteiger partial charge in [-0.2, -0.15) is 0 Å². The van der Waals surface area contributed by atoms with Crippen LogP contribution in [-0.2, 0) is 11.2 Å². The monoisotopic (exact) mass is 235 g/mol. The Morgan fingerprint density at radius 1 is 1.53 bits per heavy atom. The number of aliphatic carboxylic acids is 1. The molecule has 1 rings (SSSR count). The van der Waals surface area contributed by atoms with E-state index in [9.17, 15) is 13.6 Å². The van der Waals surface area contributed by atoms with E-state index < -0.39 is 35.6 Å². The zero-order valence-corrected chi connectivity index (χ0v) is 8.26. The summed E-state index contributed by atoms with van der Waals surface area (Å²) in [5.74, 6) is -3.14. The molecule has 1 atom stereocenters. The lowest BCUT2D eigenvalue weighted by atomic mass is 10.1. The molecular formula is C9H8ClF2NO2. The first-order valence-corrected chi connectivity index (χ1v) is 4.42. The van der Waals surface area contributed by atoms with Crippen molar-refractivity contribution in [2.75, 3.05) is 0 Å². The molecule has 3 N–H and O–H groups in total. The predicted molar refractivity (Wildman–Crippen MR) is 50.7 cm³/mol. The Hall–Kier alpha value is -1.20. The molecule has 0 bridgehead atoms. The van der Waals surface area contributed by atoms with E-state index in [-0.39, 0.29) is 5.02 Å². The molecule has 82 valence electrons. The van der Waals surface area contributed by atoms with Crippen LogP contribution in [0.25, 0.3) is 0 Å². The van der Waals surface area contributed by atoms with Crippen LogP contribution >= 0.6 is 11.6 Å². The number of carboxylic acid groups (broad SMARTS) is 1. The number of carbonyl (C=O) groups is 1. The normalized spacial score (nSPS) is 12.5. The lowest BCUT2D eigenvalue weighted by molar-refractivity contribution is -0.138. The second-order valence-corrected chi connectivity index (χ2v) is 3.38. The largest absolute Gasteiger partial charge is 0.480 e. The molecule has 6 heteroatoms. The first-order valence-electron chi connectivity index (χ1n) is 4.04. The second kappa shape index (κ2) is 4.55. The van der Waals surface area contributed by atoms with Gasteiger partial charge in [-0.05, 0) is 12.1 Å². The summed E-state index contributed by atoms with van der Waals surface area (Å²) in [7, 11) is 0. The molecule has 0 aliphatic rings. The number of hydrogen-bond donors (Lipinski definition) is 2. The standard InChI is InChI=1S/C9H8ClF2NO2/c10-5-1-2-6(11)4(8(5)12)3-7(13)9(14)15/h1-2,7H,3,13H2,(H,14,15)/t7-/m0/s1. The zero-order chi connectivity index (χ0) is 11.6. The van der Waals surface area contributed by atoms with Crippen molar-refractivity contribution >= 4 is 17.6 Å². The summed E-state index contributed by atoms with van der Waals surface area (Å²) in [4.78, 5) is 10.4. The van der Waals surface area contributed by atoms with Crippen molar-refractivity contribution in [3.8, 4) is 0 Å². The highest BCUT2D eigenvalue weighted by molar-refractivity contribution is 6.30. The summed E-state index contributed by atoms with van der Waals surface area (Å²) in [5.41, 5.74) is 4.76. The molecule has 0 saturated heterocycles. The Bertz CT molecular complexity index is 398. The van der Waals surface area contributed by atoms with E-state index in [4.69, 9.17) is 22.4 Å². The molecule has 15 heavy (non-hydrogen) atoms. The van der Waals surface area contributed by atoms with Gasteiger partial charge in [0.1, 0.15) is 17.7 Å². The van der Waals surface area contributed by atoms with Gasteiger partial charge in [0.2, 0.25) is 0 Å². The van der Waals surface area contributed by atoms with Crippen LogP contribution in [0.15, 0.2) is 12.1 Å². The molecule has 0 aromatic heterocycles. The summed E-state index contributed by atoms with van der Waals surface area (Å²) < 4.78 is 26.4. The van der Waals surface area contributed by atoms with Crippen molar-refractivity contribution in [3.63, 3.8) is 0 Å². The van der Waals surface area contributed by atoms with Gasteiger partial charge in [0.25, 0.3) is 0 Å². The lowest BCUT2D eigenvalue weighted by Gasteiger charge is -2.09. The fraction of sp³-hybridized carbons (Fsp3) is 0.222. The highest BCUT2D eigenvalue weighted by atomic mass is 35.5. The van der Waals surface area contributed by atoms with E-state index in [1.54, 1.807) is 0 Å². The third kappa shape index (κ3) is 2.64. The summed E-state index contributed by atoms with van der Waals surface area (Å²) in [6.45, 7) is 0. The smallest absolute Gasteiger partial charge is 0.320 e. The van der Waals surface area contributed by atoms with Crippen LogP contribution in [0.2, 0.25) is 5.02 Å². The van der Waals surface area contributed by atoms with E-state index in [1.807, 2.05) is 0 Å². The SMILES string of the molecule is N[C@@H](Cc1c(F)ccc(Cl)c1F)C(=O)O. The van der Waals surface area contributed by atoms with E-state index >= 15 is 0 Å². The van der Waals surface area contributed by atoms with Crippen LogP contribution < -0.4 is 5.73 Å². The van der Waals surface area contributed by atoms with E-state index in [0.717, 1.165) is 12.1 Å². The maximum absolute atomic E-state index is 13.3. The Morgan fingerprint density at radius 2 is 2.13 bits per heavy atom. The number of carboxylic acids is 1. The molecule has 1 aromatic rings. The molecule has 0 heterocycles. The quantitative estimate of drug-likeness (QED) is 0.782. The van der Waals surface area contributed by atoms with Crippen molar-refractivity contribution in [1.82, 2.24) is 0 Å². The number of benzene rings is 1. The summed E-state index contributed by atoms with van der Waals surface area (Å²) in [6.07, 6.45) is -0.437. The van der Waals surface area contributed by atoms with Crippen LogP contribution in [0.5, 0.6) is 0 Å². The minimum Gasteiger partial charge on any atom is -0.480 e. The third-order valence-electron chi connectivity index (χ3n) is 1.88. The fourth-order valence-corrected chi connectivity index (χ4v) is 1.24. The molecule has 0 fully saturated rings. The number of rotatable bonds is 3. The van der Waals surface area contributed by atoms with Gasteiger partial charge >= 0.3 is 5.97 Å². The van der Waals surface area contributed by atoms with Crippen molar-refractivity contribution in [3.05, 3.63) is 34.4 Å². The summed E-state index contributed by atoms with van der Waals surface area (Å²) >= 11 is 5.42. The van der Waals surface area contributed by atoms with E-state index in [1.165, 1.54) is 0 Å². The molecule has 0 amide bonds. The van der Waals surface area contributed by atoms with Gasteiger partial charge in [-0.25, -0.2) is 8.78 Å². The first-order chi connectivity index (χ1) is 6.93. The van der Waals surface area contributed by atoms with Gasteiger partial charge in [0, 0.05) is 12.0 Å². The maximum atomic E-state index is 13.3. The van der Waals surface area contributed by atoms with Crippen molar-refractivity contribution in [1.29, 1.82) is 0 Å². The minimum atomic E-state index is -1.35. The van der Waals surface area contributed by atoms with E-state index in [0.29, 0.717) is 0 Å². The molecule has 0 radical (unpaired) electrons. The highest BCUT2D eigenvalue weighted by Crippen LogP contribution is 2.21. The van der Waals surface area contributed by atoms with Crippen LogP contribution in [0.4, 0.5) is 8.78 Å². The van der Waals surface area contributed by atoms with Gasteiger partial charge in [-0.3, -0.25) is 4.79 Å². The number of halogens is 3. The molecule has 0 aliphatic heterocycles. The number of nitrogens with two attached hydrogens (primary N) is 1. The molecule has 0 aliphatic carbocycles.